The number of hydrogen-bond acceptors (Lipinski definition) is 4. The molecule has 0 aromatic heterocycles. The third-order valence-electron chi connectivity index (χ3n) is 2.42. The number of carbonyl (C=O) groups excluding carboxylic acids is 1. The smallest absolute Gasteiger partial charge is 0.298 e. The van der Waals surface area contributed by atoms with Crippen LogP contribution in [0.4, 0.5) is 10.1 Å². The molecule has 0 spiro atoms. The molecule has 4 nitrogen and oxygen atoms in total. The van der Waals surface area contributed by atoms with E-state index >= 15 is 0 Å². The van der Waals surface area contributed by atoms with Crippen LogP contribution in [0, 0.1) is 5.82 Å². The van der Waals surface area contributed by atoms with Crippen molar-refractivity contribution in [2.75, 3.05) is 31.2 Å². The van der Waals surface area contributed by atoms with Crippen molar-refractivity contribution in [3.8, 4) is 5.75 Å². The summed E-state index contributed by atoms with van der Waals surface area (Å²) < 4.78 is 23.1. The highest BCUT2D eigenvalue weighted by molar-refractivity contribution is 5.54. The second kappa shape index (κ2) is 4.94. The SMILES string of the molecule is O=COc1cc(F)cc(N2CCOCC2)c1. The van der Waals surface area contributed by atoms with Crippen LogP contribution in [0.5, 0.6) is 5.75 Å². The van der Waals surface area contributed by atoms with Gasteiger partial charge >= 0.3 is 0 Å². The van der Waals surface area contributed by atoms with Crippen LogP contribution in [0.3, 0.4) is 0 Å². The van der Waals surface area contributed by atoms with Gasteiger partial charge in [0.25, 0.3) is 6.47 Å². The third-order valence-corrected chi connectivity index (χ3v) is 2.42. The number of hydrogen-bond donors (Lipinski definition) is 0. The van der Waals surface area contributed by atoms with E-state index in [1.807, 2.05) is 4.90 Å². The molecule has 1 aliphatic rings. The van der Waals surface area contributed by atoms with Crippen molar-refractivity contribution < 1.29 is 18.7 Å². The molecule has 1 saturated heterocycles. The second-order valence-electron chi connectivity index (χ2n) is 3.46. The number of ether oxygens (including phenoxy) is 2. The molecule has 0 aliphatic carbocycles. The Morgan fingerprint density at radius 1 is 1.31 bits per heavy atom. The van der Waals surface area contributed by atoms with Crippen molar-refractivity contribution in [1.29, 1.82) is 0 Å². The number of anilines is 1. The molecule has 1 fully saturated rings. The second-order valence-corrected chi connectivity index (χ2v) is 3.46. The Balaban J connectivity index is 2.21. The maximum Gasteiger partial charge on any atom is 0.298 e. The van der Waals surface area contributed by atoms with Crippen molar-refractivity contribution in [2.45, 2.75) is 0 Å². The Kier molecular flexibility index (Phi) is 3.36. The highest BCUT2D eigenvalue weighted by Crippen LogP contribution is 2.23. The number of rotatable bonds is 3. The normalized spacial score (nSPS) is 15.9. The monoisotopic (exact) mass is 225 g/mol. The maximum absolute atomic E-state index is 13.3. The standard InChI is InChI=1S/C11H12FNO3/c12-9-5-10(7-11(6-9)16-8-14)13-1-3-15-4-2-13/h5-8H,1-4H2. The molecule has 1 aromatic carbocycles. The van der Waals surface area contributed by atoms with Gasteiger partial charge in [0.2, 0.25) is 0 Å². The molecule has 5 heteroatoms. The van der Waals surface area contributed by atoms with Crippen LogP contribution in [-0.2, 0) is 9.53 Å². The minimum absolute atomic E-state index is 0.219. The van der Waals surface area contributed by atoms with Gasteiger partial charge in [0, 0.05) is 30.9 Å². The first-order chi connectivity index (χ1) is 7.79. The molecular formula is C11H12FNO3. The van der Waals surface area contributed by atoms with Crippen LogP contribution in [-0.4, -0.2) is 32.8 Å². The van der Waals surface area contributed by atoms with Gasteiger partial charge in [0.15, 0.2) is 0 Å². The van der Waals surface area contributed by atoms with Crippen LogP contribution < -0.4 is 9.64 Å². The Hall–Kier alpha value is -1.62. The largest absolute Gasteiger partial charge is 0.429 e. The average molecular weight is 225 g/mol. The summed E-state index contributed by atoms with van der Waals surface area (Å²) in [5.41, 5.74) is 0.708. The number of halogens is 1. The number of nitrogens with zero attached hydrogens (tertiary/aromatic N) is 1. The van der Waals surface area contributed by atoms with Crippen molar-refractivity contribution in [1.82, 2.24) is 0 Å². The summed E-state index contributed by atoms with van der Waals surface area (Å²) in [4.78, 5) is 12.2. The number of benzene rings is 1. The summed E-state index contributed by atoms with van der Waals surface area (Å²) >= 11 is 0. The Labute approximate surface area is 92.6 Å². The summed E-state index contributed by atoms with van der Waals surface area (Å²) in [7, 11) is 0. The fourth-order valence-corrected chi connectivity index (χ4v) is 1.68. The summed E-state index contributed by atoms with van der Waals surface area (Å²) in [6.07, 6.45) is 0. The summed E-state index contributed by atoms with van der Waals surface area (Å²) in [5.74, 6) is -0.197. The van der Waals surface area contributed by atoms with Gasteiger partial charge in [-0.15, -0.1) is 0 Å². The molecular weight excluding hydrogens is 213 g/mol. The van der Waals surface area contributed by atoms with E-state index in [-0.39, 0.29) is 12.2 Å². The lowest BCUT2D eigenvalue weighted by molar-refractivity contribution is -0.120. The predicted octanol–water partition coefficient (Wildman–Crippen LogP) is 1.20. The lowest BCUT2D eigenvalue weighted by atomic mass is 10.2. The predicted molar refractivity (Wildman–Crippen MR) is 56.1 cm³/mol. The van der Waals surface area contributed by atoms with Gasteiger partial charge in [-0.3, -0.25) is 4.79 Å². The molecule has 0 N–H and O–H groups in total. The van der Waals surface area contributed by atoms with E-state index in [0.717, 1.165) is 0 Å². The van der Waals surface area contributed by atoms with E-state index < -0.39 is 5.82 Å². The van der Waals surface area contributed by atoms with Gasteiger partial charge in [-0.1, -0.05) is 0 Å². The molecule has 0 unspecified atom stereocenters. The molecule has 0 radical (unpaired) electrons. The molecule has 0 atom stereocenters. The molecule has 1 heterocycles. The van der Waals surface area contributed by atoms with E-state index in [9.17, 15) is 9.18 Å². The number of carbonyl (C=O) groups is 1. The van der Waals surface area contributed by atoms with Gasteiger partial charge in [0.05, 0.1) is 13.2 Å². The first-order valence-corrected chi connectivity index (χ1v) is 5.03. The Morgan fingerprint density at radius 2 is 2.06 bits per heavy atom. The first kappa shape index (κ1) is 10.9. The highest BCUT2D eigenvalue weighted by atomic mass is 19.1. The van der Waals surface area contributed by atoms with E-state index in [0.29, 0.717) is 32.0 Å². The van der Waals surface area contributed by atoms with Crippen LogP contribution in [0.25, 0.3) is 0 Å². The summed E-state index contributed by atoms with van der Waals surface area (Å²) in [6, 6.07) is 4.24. The van der Waals surface area contributed by atoms with E-state index in [1.165, 1.54) is 12.1 Å². The lowest BCUT2D eigenvalue weighted by Gasteiger charge is -2.29. The van der Waals surface area contributed by atoms with Gasteiger partial charge in [-0.05, 0) is 6.07 Å². The number of morpholine rings is 1. The van der Waals surface area contributed by atoms with Crippen LogP contribution >= 0.6 is 0 Å². The molecule has 0 bridgehead atoms. The zero-order valence-corrected chi connectivity index (χ0v) is 8.69. The van der Waals surface area contributed by atoms with Gasteiger partial charge in [-0.25, -0.2) is 4.39 Å². The quantitative estimate of drug-likeness (QED) is 0.724. The molecule has 1 aromatic rings. The van der Waals surface area contributed by atoms with Gasteiger partial charge < -0.3 is 14.4 Å². The maximum atomic E-state index is 13.3. The lowest BCUT2D eigenvalue weighted by Crippen LogP contribution is -2.36. The fraction of sp³-hybridized carbons (Fsp3) is 0.364. The molecule has 86 valence electrons. The van der Waals surface area contributed by atoms with E-state index in [2.05, 4.69) is 4.74 Å². The molecule has 2 rings (SSSR count). The zero-order chi connectivity index (χ0) is 11.4. The van der Waals surface area contributed by atoms with Crippen molar-refractivity contribution in [2.24, 2.45) is 0 Å². The summed E-state index contributed by atoms with van der Waals surface area (Å²) in [6.45, 7) is 2.96. The molecule has 0 amide bonds. The molecule has 16 heavy (non-hydrogen) atoms. The molecule has 1 aliphatic heterocycles. The molecule has 0 saturated carbocycles. The van der Waals surface area contributed by atoms with Crippen molar-refractivity contribution >= 4 is 12.2 Å². The van der Waals surface area contributed by atoms with Crippen LogP contribution in [0.15, 0.2) is 18.2 Å². The first-order valence-electron chi connectivity index (χ1n) is 5.03. The topological polar surface area (TPSA) is 38.8 Å². The van der Waals surface area contributed by atoms with E-state index in [4.69, 9.17) is 4.74 Å². The van der Waals surface area contributed by atoms with Crippen LogP contribution in [0.1, 0.15) is 0 Å². The minimum Gasteiger partial charge on any atom is -0.429 e. The van der Waals surface area contributed by atoms with Gasteiger partial charge in [0.1, 0.15) is 11.6 Å². The van der Waals surface area contributed by atoms with Gasteiger partial charge in [-0.2, -0.15) is 0 Å². The van der Waals surface area contributed by atoms with Crippen LogP contribution in [0.2, 0.25) is 0 Å². The van der Waals surface area contributed by atoms with E-state index in [1.54, 1.807) is 6.07 Å². The van der Waals surface area contributed by atoms with Crippen molar-refractivity contribution in [3.63, 3.8) is 0 Å². The highest BCUT2D eigenvalue weighted by Gasteiger charge is 2.13. The van der Waals surface area contributed by atoms with Crippen molar-refractivity contribution in [3.05, 3.63) is 24.0 Å². The Bertz CT molecular complexity index is 377. The summed E-state index contributed by atoms with van der Waals surface area (Å²) in [5, 5.41) is 0. The Morgan fingerprint density at radius 3 is 2.75 bits per heavy atom. The third kappa shape index (κ3) is 2.49. The minimum atomic E-state index is -0.416. The zero-order valence-electron chi connectivity index (χ0n) is 8.69. The average Bonchev–Trinajstić information content (AvgIpc) is 2.30. The fourth-order valence-electron chi connectivity index (χ4n) is 1.68.